The van der Waals surface area contributed by atoms with Crippen molar-refractivity contribution in [2.75, 3.05) is 12.4 Å². The van der Waals surface area contributed by atoms with Gasteiger partial charge in [-0.25, -0.2) is 0 Å². The van der Waals surface area contributed by atoms with Crippen molar-refractivity contribution in [2.45, 2.75) is 6.54 Å². The van der Waals surface area contributed by atoms with Crippen LogP contribution in [-0.4, -0.2) is 23.9 Å². The number of hydrogen-bond donors (Lipinski definition) is 2. The molecule has 28 heavy (non-hydrogen) atoms. The van der Waals surface area contributed by atoms with Gasteiger partial charge in [-0.1, -0.05) is 24.3 Å². The second-order valence-electron chi connectivity index (χ2n) is 6.10. The van der Waals surface area contributed by atoms with Crippen molar-refractivity contribution in [1.29, 1.82) is 0 Å². The van der Waals surface area contributed by atoms with Gasteiger partial charge < -0.3 is 19.8 Å². The van der Waals surface area contributed by atoms with Crippen molar-refractivity contribution < 1.29 is 18.7 Å². The molecule has 0 spiro atoms. The predicted octanol–water partition coefficient (Wildman–Crippen LogP) is 3.24. The number of furan rings is 1. The van der Waals surface area contributed by atoms with Gasteiger partial charge in [-0.2, -0.15) is 0 Å². The molecule has 4 aromatic rings. The fourth-order valence-corrected chi connectivity index (χ4v) is 2.95. The van der Waals surface area contributed by atoms with Crippen LogP contribution >= 0.6 is 0 Å². The van der Waals surface area contributed by atoms with E-state index in [2.05, 4.69) is 15.6 Å². The minimum Gasteiger partial charge on any atom is -0.495 e. The number of nitrogens with zero attached hydrogens (tertiary/aromatic N) is 1. The number of para-hydroxylation sites is 1. The summed E-state index contributed by atoms with van der Waals surface area (Å²) in [5, 5.41) is 6.93. The molecular formula is C21H17N3O4. The van der Waals surface area contributed by atoms with Gasteiger partial charge >= 0.3 is 11.8 Å². The highest BCUT2D eigenvalue weighted by molar-refractivity contribution is 6.39. The van der Waals surface area contributed by atoms with Crippen molar-refractivity contribution in [3.05, 3.63) is 66.5 Å². The second kappa shape index (κ2) is 7.40. The fraction of sp³-hybridized carbons (Fsp3) is 0.0952. The molecule has 7 nitrogen and oxygen atoms in total. The molecule has 0 aliphatic heterocycles. The number of benzene rings is 2. The molecule has 2 aromatic carbocycles. The van der Waals surface area contributed by atoms with E-state index in [0.717, 1.165) is 16.4 Å². The van der Waals surface area contributed by atoms with E-state index in [1.807, 2.05) is 30.3 Å². The molecule has 0 aliphatic carbocycles. The Morgan fingerprint density at radius 2 is 1.82 bits per heavy atom. The maximum atomic E-state index is 12.3. The quantitative estimate of drug-likeness (QED) is 0.534. The van der Waals surface area contributed by atoms with Crippen LogP contribution in [0.15, 0.2) is 65.2 Å². The maximum absolute atomic E-state index is 12.3. The molecule has 2 N–H and O–H groups in total. The molecule has 0 bridgehead atoms. The smallest absolute Gasteiger partial charge is 0.313 e. The number of methoxy groups -OCH3 is 1. The SMILES string of the molecule is COc1cc2c(cc1NC(=O)C(=O)NCc1ccccn1)oc1ccccc12. The van der Waals surface area contributed by atoms with Crippen molar-refractivity contribution in [3.8, 4) is 5.75 Å². The minimum absolute atomic E-state index is 0.160. The zero-order valence-electron chi connectivity index (χ0n) is 15.1. The first-order valence-electron chi connectivity index (χ1n) is 8.64. The first-order chi connectivity index (χ1) is 13.7. The Morgan fingerprint density at radius 3 is 2.61 bits per heavy atom. The third-order valence-corrected chi connectivity index (χ3v) is 4.31. The van der Waals surface area contributed by atoms with Gasteiger partial charge in [0, 0.05) is 23.0 Å². The van der Waals surface area contributed by atoms with Crippen molar-refractivity contribution >= 4 is 39.4 Å². The van der Waals surface area contributed by atoms with Crippen LogP contribution < -0.4 is 15.4 Å². The van der Waals surface area contributed by atoms with E-state index in [4.69, 9.17) is 9.15 Å². The Hall–Kier alpha value is -3.87. The van der Waals surface area contributed by atoms with Crippen LogP contribution in [0.4, 0.5) is 5.69 Å². The van der Waals surface area contributed by atoms with Crippen LogP contribution in [0.3, 0.4) is 0 Å². The molecule has 0 atom stereocenters. The summed E-state index contributed by atoms with van der Waals surface area (Å²) in [5.41, 5.74) is 2.33. The number of anilines is 1. The summed E-state index contributed by atoms with van der Waals surface area (Å²) >= 11 is 0. The van der Waals surface area contributed by atoms with Gasteiger partial charge in [-0.05, 0) is 24.3 Å². The molecule has 0 fully saturated rings. The molecule has 0 unspecified atom stereocenters. The molecule has 0 saturated carbocycles. The lowest BCUT2D eigenvalue weighted by molar-refractivity contribution is -0.136. The Balaban J connectivity index is 1.55. The Morgan fingerprint density at radius 1 is 1.00 bits per heavy atom. The summed E-state index contributed by atoms with van der Waals surface area (Å²) in [4.78, 5) is 28.5. The minimum atomic E-state index is -0.801. The van der Waals surface area contributed by atoms with Crippen molar-refractivity contribution in [3.63, 3.8) is 0 Å². The third kappa shape index (κ3) is 3.37. The number of ether oxygens (including phenoxy) is 1. The molecule has 0 aliphatic rings. The average Bonchev–Trinajstić information content (AvgIpc) is 3.09. The first kappa shape index (κ1) is 17.5. The van der Waals surface area contributed by atoms with Crippen LogP contribution in [0.25, 0.3) is 21.9 Å². The van der Waals surface area contributed by atoms with E-state index in [-0.39, 0.29) is 6.54 Å². The van der Waals surface area contributed by atoms with Crippen LogP contribution in [-0.2, 0) is 16.1 Å². The monoisotopic (exact) mass is 375 g/mol. The van der Waals surface area contributed by atoms with E-state index in [0.29, 0.717) is 22.7 Å². The lowest BCUT2D eigenvalue weighted by Crippen LogP contribution is -2.35. The van der Waals surface area contributed by atoms with Crippen LogP contribution in [0, 0.1) is 0 Å². The van der Waals surface area contributed by atoms with Crippen molar-refractivity contribution in [1.82, 2.24) is 10.3 Å². The largest absolute Gasteiger partial charge is 0.495 e. The number of aromatic nitrogens is 1. The molecular weight excluding hydrogens is 358 g/mol. The number of carbonyl (C=O) groups excluding carboxylic acids is 2. The van der Waals surface area contributed by atoms with Gasteiger partial charge in [0.25, 0.3) is 0 Å². The number of carbonyl (C=O) groups is 2. The normalized spacial score (nSPS) is 10.8. The highest BCUT2D eigenvalue weighted by Gasteiger charge is 2.18. The van der Waals surface area contributed by atoms with E-state index in [1.54, 1.807) is 30.5 Å². The molecule has 2 heterocycles. The van der Waals surface area contributed by atoms with E-state index in [1.165, 1.54) is 7.11 Å². The van der Waals surface area contributed by atoms with Crippen LogP contribution in [0.2, 0.25) is 0 Å². The summed E-state index contributed by atoms with van der Waals surface area (Å²) in [6, 6.07) is 16.4. The summed E-state index contributed by atoms with van der Waals surface area (Å²) < 4.78 is 11.2. The van der Waals surface area contributed by atoms with Gasteiger partial charge in [0.1, 0.15) is 16.9 Å². The standard InChI is InChI=1S/C21H17N3O4/c1-27-19-10-15-14-7-2-3-8-17(14)28-18(15)11-16(19)24-21(26)20(25)23-12-13-6-4-5-9-22-13/h2-11H,12H2,1H3,(H,23,25)(H,24,26). The highest BCUT2D eigenvalue weighted by atomic mass is 16.5. The molecule has 2 amide bonds. The third-order valence-electron chi connectivity index (χ3n) is 4.31. The number of hydrogen-bond acceptors (Lipinski definition) is 5. The maximum Gasteiger partial charge on any atom is 0.313 e. The molecule has 4 rings (SSSR count). The summed E-state index contributed by atoms with van der Waals surface area (Å²) in [5.74, 6) is -1.13. The number of fused-ring (bicyclic) bond motifs is 3. The number of amides is 2. The summed E-state index contributed by atoms with van der Waals surface area (Å²) in [7, 11) is 1.50. The highest BCUT2D eigenvalue weighted by Crippen LogP contribution is 2.36. The Labute approximate surface area is 160 Å². The molecule has 140 valence electrons. The number of pyridine rings is 1. The van der Waals surface area contributed by atoms with Gasteiger partial charge in [-0.15, -0.1) is 0 Å². The van der Waals surface area contributed by atoms with E-state index >= 15 is 0 Å². The molecule has 0 radical (unpaired) electrons. The molecule has 2 aromatic heterocycles. The lowest BCUT2D eigenvalue weighted by Gasteiger charge is -2.10. The number of nitrogens with one attached hydrogen (secondary N) is 2. The van der Waals surface area contributed by atoms with E-state index in [9.17, 15) is 9.59 Å². The summed E-state index contributed by atoms with van der Waals surface area (Å²) in [6.07, 6.45) is 1.62. The topological polar surface area (TPSA) is 93.5 Å². The van der Waals surface area contributed by atoms with Gasteiger partial charge in [-0.3, -0.25) is 14.6 Å². The van der Waals surface area contributed by atoms with Crippen LogP contribution in [0.5, 0.6) is 5.75 Å². The zero-order chi connectivity index (χ0) is 19.5. The van der Waals surface area contributed by atoms with Crippen molar-refractivity contribution in [2.24, 2.45) is 0 Å². The van der Waals surface area contributed by atoms with Gasteiger partial charge in [0.15, 0.2) is 0 Å². The Kier molecular flexibility index (Phi) is 4.63. The molecule has 7 heteroatoms. The van der Waals surface area contributed by atoms with Gasteiger partial charge in [0.05, 0.1) is 25.0 Å². The van der Waals surface area contributed by atoms with Crippen LogP contribution in [0.1, 0.15) is 5.69 Å². The first-order valence-corrected chi connectivity index (χ1v) is 8.64. The fourth-order valence-electron chi connectivity index (χ4n) is 2.95. The Bertz CT molecular complexity index is 1170. The van der Waals surface area contributed by atoms with Gasteiger partial charge in [0.2, 0.25) is 0 Å². The zero-order valence-corrected chi connectivity index (χ0v) is 15.1. The predicted molar refractivity (Wildman–Crippen MR) is 105 cm³/mol. The average molecular weight is 375 g/mol. The summed E-state index contributed by atoms with van der Waals surface area (Å²) in [6.45, 7) is 0.160. The number of rotatable bonds is 4. The van der Waals surface area contributed by atoms with E-state index < -0.39 is 11.8 Å². The lowest BCUT2D eigenvalue weighted by atomic mass is 10.1. The second-order valence-corrected chi connectivity index (χ2v) is 6.10. The molecule has 0 saturated heterocycles.